The Bertz CT molecular complexity index is 404. The third-order valence-corrected chi connectivity index (χ3v) is 7.42. The van der Waals surface area contributed by atoms with Crippen LogP contribution in [-0.2, 0) is 18.3 Å². The van der Waals surface area contributed by atoms with Crippen molar-refractivity contribution in [2.75, 3.05) is 19.8 Å². The Morgan fingerprint density at radius 2 is 1.48 bits per heavy atom. The van der Waals surface area contributed by atoms with E-state index in [0.717, 1.165) is 5.56 Å². The average Bonchev–Trinajstić information content (AvgIpc) is 2.51. The summed E-state index contributed by atoms with van der Waals surface area (Å²) in [7, 11) is -3.00. The van der Waals surface area contributed by atoms with Crippen LogP contribution in [-0.4, -0.2) is 28.6 Å². The van der Waals surface area contributed by atoms with E-state index >= 15 is 0 Å². The third kappa shape index (κ3) is 3.46. The van der Waals surface area contributed by atoms with Crippen LogP contribution in [0, 0.1) is 6.92 Å². The molecule has 0 saturated heterocycles. The van der Waals surface area contributed by atoms with E-state index in [4.69, 9.17) is 13.3 Å². The molecule has 0 aliphatic rings. The molecule has 0 spiro atoms. The first-order chi connectivity index (χ1) is 10.2. The lowest BCUT2D eigenvalue weighted by Crippen LogP contribution is -2.62. The first-order valence-electron chi connectivity index (χ1n) is 7.56. The van der Waals surface area contributed by atoms with Crippen LogP contribution >= 0.6 is 0 Å². The molecule has 1 radical (unpaired) electrons. The van der Waals surface area contributed by atoms with Gasteiger partial charge in [0.1, 0.15) is 0 Å². The van der Waals surface area contributed by atoms with Crippen molar-refractivity contribution in [3.05, 3.63) is 55.5 Å². The number of hydrogen-bond donors (Lipinski definition) is 0. The zero-order valence-electron chi connectivity index (χ0n) is 13.4. The van der Waals surface area contributed by atoms with Crippen molar-refractivity contribution >= 4 is 8.80 Å². The van der Waals surface area contributed by atoms with Gasteiger partial charge in [0.05, 0.1) is 5.04 Å². The highest BCUT2D eigenvalue weighted by atomic mass is 28.4. The van der Waals surface area contributed by atoms with Crippen molar-refractivity contribution in [1.29, 1.82) is 0 Å². The van der Waals surface area contributed by atoms with Crippen LogP contribution in [0.5, 0.6) is 0 Å². The van der Waals surface area contributed by atoms with E-state index in [-0.39, 0.29) is 0 Å². The third-order valence-electron chi connectivity index (χ3n) is 3.58. The lowest BCUT2D eigenvalue weighted by atomic mass is 9.95. The lowest BCUT2D eigenvalue weighted by Gasteiger charge is -2.43. The molecule has 0 bridgehead atoms. The molecule has 117 valence electrons. The fraction of sp³-hybridized carbons (Fsp3) is 0.471. The van der Waals surface area contributed by atoms with Gasteiger partial charge < -0.3 is 13.3 Å². The van der Waals surface area contributed by atoms with Gasteiger partial charge in [-0.25, -0.2) is 0 Å². The Morgan fingerprint density at radius 3 is 1.81 bits per heavy atom. The molecule has 0 aromatic heterocycles. The van der Waals surface area contributed by atoms with Gasteiger partial charge in [-0.15, -0.1) is 6.58 Å². The standard InChI is InChI=1S/C17H27O3Si/c1-6-17(7-2,16-14-12-11-13-15-16)21(18-8-3,19-9-4)20-10-5/h6,11-15H,1-2,7-10H2,3-5H3. The highest BCUT2D eigenvalue weighted by Crippen LogP contribution is 2.40. The first kappa shape index (κ1) is 18.1. The zero-order valence-corrected chi connectivity index (χ0v) is 14.4. The minimum absolute atomic E-state index is 0.531. The van der Waals surface area contributed by atoms with E-state index in [0.29, 0.717) is 26.2 Å². The quantitative estimate of drug-likeness (QED) is 0.484. The smallest absolute Gasteiger partial charge is 0.373 e. The summed E-state index contributed by atoms with van der Waals surface area (Å²) >= 11 is 0. The minimum Gasteiger partial charge on any atom is -0.373 e. The van der Waals surface area contributed by atoms with Gasteiger partial charge in [0.2, 0.25) is 0 Å². The summed E-state index contributed by atoms with van der Waals surface area (Å²) in [6.07, 6.45) is 2.47. The molecule has 1 atom stereocenters. The molecule has 0 heterocycles. The lowest BCUT2D eigenvalue weighted by molar-refractivity contribution is 0.0513. The number of rotatable bonds is 10. The van der Waals surface area contributed by atoms with Crippen LogP contribution in [0.4, 0.5) is 0 Å². The fourth-order valence-corrected chi connectivity index (χ4v) is 5.88. The second-order valence-electron chi connectivity index (χ2n) is 4.65. The van der Waals surface area contributed by atoms with Crippen LogP contribution < -0.4 is 0 Å². The second kappa shape index (κ2) is 8.49. The van der Waals surface area contributed by atoms with Crippen LogP contribution in [0.3, 0.4) is 0 Å². The Kier molecular flexibility index (Phi) is 7.32. The summed E-state index contributed by atoms with van der Waals surface area (Å²) in [6.45, 7) is 15.7. The fourth-order valence-electron chi connectivity index (χ4n) is 2.64. The van der Waals surface area contributed by atoms with Crippen molar-refractivity contribution in [3.8, 4) is 0 Å². The average molecular weight is 307 g/mol. The zero-order chi connectivity index (χ0) is 15.8. The Hall–Kier alpha value is -0.943. The molecule has 0 aliphatic carbocycles. The highest BCUT2D eigenvalue weighted by Gasteiger charge is 2.59. The molecular weight excluding hydrogens is 280 g/mol. The van der Waals surface area contributed by atoms with Gasteiger partial charge in [0, 0.05) is 19.8 Å². The molecule has 1 aromatic carbocycles. The van der Waals surface area contributed by atoms with Crippen LogP contribution in [0.1, 0.15) is 32.8 Å². The van der Waals surface area contributed by atoms with E-state index in [2.05, 4.69) is 25.6 Å². The minimum atomic E-state index is -3.00. The maximum atomic E-state index is 6.10. The van der Waals surface area contributed by atoms with Crippen LogP contribution in [0.15, 0.2) is 43.0 Å². The molecule has 0 fully saturated rings. The van der Waals surface area contributed by atoms with Crippen molar-refractivity contribution in [2.45, 2.75) is 32.2 Å². The van der Waals surface area contributed by atoms with Crippen LogP contribution in [0.25, 0.3) is 0 Å². The molecule has 21 heavy (non-hydrogen) atoms. The molecule has 1 aromatic rings. The summed E-state index contributed by atoms with van der Waals surface area (Å²) < 4.78 is 18.3. The summed E-state index contributed by atoms with van der Waals surface area (Å²) in [6, 6.07) is 10.1. The maximum absolute atomic E-state index is 6.10. The van der Waals surface area contributed by atoms with Gasteiger partial charge in [0.25, 0.3) is 0 Å². The van der Waals surface area contributed by atoms with E-state index in [9.17, 15) is 0 Å². The summed E-state index contributed by atoms with van der Waals surface area (Å²) in [4.78, 5) is 0. The topological polar surface area (TPSA) is 27.7 Å². The first-order valence-corrected chi connectivity index (χ1v) is 9.29. The molecule has 1 unspecified atom stereocenters. The van der Waals surface area contributed by atoms with Crippen molar-refractivity contribution in [3.63, 3.8) is 0 Å². The monoisotopic (exact) mass is 307 g/mol. The van der Waals surface area contributed by atoms with Gasteiger partial charge in [-0.05, 0) is 32.8 Å². The summed E-state index contributed by atoms with van der Waals surface area (Å²) in [5, 5.41) is -0.531. The van der Waals surface area contributed by atoms with Crippen molar-refractivity contribution < 1.29 is 13.3 Å². The molecule has 0 amide bonds. The molecule has 0 N–H and O–H groups in total. The normalized spacial score (nSPS) is 14.7. The summed E-state index contributed by atoms with van der Waals surface area (Å²) in [5.74, 6) is 0. The van der Waals surface area contributed by atoms with Gasteiger partial charge in [-0.3, -0.25) is 0 Å². The molecule has 4 heteroatoms. The second-order valence-corrected chi connectivity index (χ2v) is 7.52. The van der Waals surface area contributed by atoms with Crippen molar-refractivity contribution in [1.82, 2.24) is 0 Å². The Labute approximate surface area is 130 Å². The largest absolute Gasteiger partial charge is 0.516 e. The van der Waals surface area contributed by atoms with Gasteiger partial charge in [0.15, 0.2) is 0 Å². The van der Waals surface area contributed by atoms with Gasteiger partial charge in [-0.1, -0.05) is 43.3 Å². The van der Waals surface area contributed by atoms with Gasteiger partial charge in [-0.2, -0.15) is 0 Å². The van der Waals surface area contributed by atoms with E-state index in [1.807, 2.05) is 45.0 Å². The number of allylic oxidation sites excluding steroid dienone is 1. The number of hydrogen-bond acceptors (Lipinski definition) is 3. The molecular formula is C17H27O3Si. The Balaban J connectivity index is 3.46. The Morgan fingerprint density at radius 1 is 1.00 bits per heavy atom. The maximum Gasteiger partial charge on any atom is 0.516 e. The SMILES string of the molecule is [CH2]CC(C=C)(c1ccccc1)[Si](OCC)(OCC)OCC. The summed E-state index contributed by atoms with van der Waals surface area (Å²) in [5.41, 5.74) is 1.08. The highest BCUT2D eigenvalue weighted by molar-refractivity contribution is 6.65. The van der Waals surface area contributed by atoms with Gasteiger partial charge >= 0.3 is 8.80 Å². The van der Waals surface area contributed by atoms with Crippen LogP contribution in [0.2, 0.25) is 0 Å². The predicted octanol–water partition coefficient (Wildman–Crippen LogP) is 3.92. The molecule has 0 saturated carbocycles. The van der Waals surface area contributed by atoms with E-state index in [1.54, 1.807) is 0 Å². The molecule has 0 aliphatic heterocycles. The number of benzene rings is 1. The van der Waals surface area contributed by atoms with Crippen molar-refractivity contribution in [2.24, 2.45) is 0 Å². The molecule has 1 rings (SSSR count). The van der Waals surface area contributed by atoms with E-state index in [1.165, 1.54) is 0 Å². The predicted molar refractivity (Wildman–Crippen MR) is 88.9 cm³/mol. The molecule has 3 nitrogen and oxygen atoms in total. The van der Waals surface area contributed by atoms with E-state index < -0.39 is 13.8 Å².